The highest BCUT2D eigenvalue weighted by Crippen LogP contribution is 2.32. The smallest absolute Gasteiger partial charge is 0.153 e. The molecule has 2 nitrogen and oxygen atoms in total. The van der Waals surface area contributed by atoms with Crippen molar-refractivity contribution in [2.75, 3.05) is 7.05 Å². The van der Waals surface area contributed by atoms with E-state index in [1.54, 1.807) is 0 Å². The van der Waals surface area contributed by atoms with Crippen LogP contribution in [0, 0.1) is 5.92 Å². The molecule has 0 saturated heterocycles. The summed E-state index contributed by atoms with van der Waals surface area (Å²) in [6, 6.07) is -0.0649. The number of ketones is 1. The second-order valence-corrected chi connectivity index (χ2v) is 7.28. The molecule has 0 aliphatic rings. The molecular formula is C12H25NOS. The monoisotopic (exact) mass is 231 g/mol. The Morgan fingerprint density at radius 3 is 1.93 bits per heavy atom. The SMILES string of the molecule is CNC(C(=O)C(C)C)C(C)(C)SC(C)C. The molecule has 90 valence electrons. The van der Waals surface area contributed by atoms with Crippen LogP contribution in [0.5, 0.6) is 0 Å². The van der Waals surface area contributed by atoms with Crippen LogP contribution in [0.2, 0.25) is 0 Å². The van der Waals surface area contributed by atoms with Gasteiger partial charge in [0.1, 0.15) is 0 Å². The molecule has 0 radical (unpaired) electrons. The maximum atomic E-state index is 12.0. The number of nitrogens with one attached hydrogen (secondary N) is 1. The van der Waals surface area contributed by atoms with Crippen LogP contribution in [0.3, 0.4) is 0 Å². The number of Topliss-reactive ketones (excluding diaryl/α,β-unsaturated/α-hetero) is 1. The maximum Gasteiger partial charge on any atom is 0.153 e. The molecule has 0 fully saturated rings. The molecule has 0 amide bonds. The van der Waals surface area contributed by atoms with E-state index in [0.717, 1.165) is 0 Å². The van der Waals surface area contributed by atoms with Gasteiger partial charge in [0, 0.05) is 10.7 Å². The maximum absolute atomic E-state index is 12.0. The fourth-order valence-corrected chi connectivity index (χ4v) is 3.43. The summed E-state index contributed by atoms with van der Waals surface area (Å²) in [5.41, 5.74) is 0. The quantitative estimate of drug-likeness (QED) is 0.762. The Morgan fingerprint density at radius 1 is 1.20 bits per heavy atom. The van der Waals surface area contributed by atoms with Crippen molar-refractivity contribution in [2.24, 2.45) is 5.92 Å². The van der Waals surface area contributed by atoms with Gasteiger partial charge in [-0.05, 0) is 26.1 Å². The van der Waals surface area contributed by atoms with Crippen molar-refractivity contribution in [3.8, 4) is 0 Å². The van der Waals surface area contributed by atoms with Crippen LogP contribution in [-0.2, 0) is 4.79 Å². The summed E-state index contributed by atoms with van der Waals surface area (Å²) in [7, 11) is 1.87. The molecule has 0 aromatic rings. The minimum Gasteiger partial charge on any atom is -0.309 e. The lowest BCUT2D eigenvalue weighted by Gasteiger charge is -2.35. The molecule has 0 saturated carbocycles. The van der Waals surface area contributed by atoms with Crippen molar-refractivity contribution in [3.05, 3.63) is 0 Å². The molecule has 1 N–H and O–H groups in total. The van der Waals surface area contributed by atoms with E-state index in [-0.39, 0.29) is 16.7 Å². The van der Waals surface area contributed by atoms with Crippen molar-refractivity contribution < 1.29 is 4.79 Å². The highest BCUT2D eigenvalue weighted by atomic mass is 32.2. The lowest BCUT2D eigenvalue weighted by Crippen LogP contribution is -2.50. The fraction of sp³-hybridized carbons (Fsp3) is 0.917. The van der Waals surface area contributed by atoms with E-state index in [1.165, 1.54) is 0 Å². The second-order valence-electron chi connectivity index (χ2n) is 5.05. The number of thioether (sulfide) groups is 1. The molecule has 1 unspecified atom stereocenters. The third-order valence-corrected chi connectivity index (χ3v) is 3.69. The lowest BCUT2D eigenvalue weighted by molar-refractivity contribution is -0.124. The van der Waals surface area contributed by atoms with Crippen molar-refractivity contribution >= 4 is 17.5 Å². The third-order valence-electron chi connectivity index (χ3n) is 2.38. The zero-order chi connectivity index (χ0) is 12.2. The van der Waals surface area contributed by atoms with E-state index >= 15 is 0 Å². The first kappa shape index (κ1) is 15.0. The summed E-state index contributed by atoms with van der Waals surface area (Å²) in [4.78, 5) is 12.0. The van der Waals surface area contributed by atoms with Gasteiger partial charge >= 0.3 is 0 Å². The molecule has 0 bridgehead atoms. The summed E-state index contributed by atoms with van der Waals surface area (Å²) in [6.45, 7) is 12.5. The Labute approximate surface area is 98.6 Å². The predicted molar refractivity (Wildman–Crippen MR) is 69.5 cm³/mol. The highest BCUT2D eigenvalue weighted by Gasteiger charge is 2.35. The first-order valence-corrected chi connectivity index (χ1v) is 6.49. The summed E-state index contributed by atoms with van der Waals surface area (Å²) < 4.78 is -0.0513. The summed E-state index contributed by atoms with van der Waals surface area (Å²) in [6.07, 6.45) is 0. The van der Waals surface area contributed by atoms with Crippen LogP contribution in [0.1, 0.15) is 41.5 Å². The van der Waals surface area contributed by atoms with E-state index in [4.69, 9.17) is 0 Å². The van der Waals surface area contributed by atoms with Gasteiger partial charge in [0.15, 0.2) is 5.78 Å². The van der Waals surface area contributed by atoms with Crippen LogP contribution in [0.25, 0.3) is 0 Å². The number of hydrogen-bond donors (Lipinski definition) is 1. The molecule has 0 aromatic carbocycles. The van der Waals surface area contributed by atoms with Crippen molar-refractivity contribution in [1.29, 1.82) is 0 Å². The Morgan fingerprint density at radius 2 is 1.67 bits per heavy atom. The minimum absolute atomic E-state index is 0.0513. The first-order valence-electron chi connectivity index (χ1n) is 5.61. The first-order chi connectivity index (χ1) is 6.72. The zero-order valence-electron chi connectivity index (χ0n) is 11.0. The van der Waals surface area contributed by atoms with Crippen molar-refractivity contribution in [2.45, 2.75) is 57.6 Å². The van der Waals surface area contributed by atoms with Gasteiger partial charge in [-0.3, -0.25) is 4.79 Å². The average molecular weight is 231 g/mol. The van der Waals surface area contributed by atoms with Gasteiger partial charge in [-0.1, -0.05) is 27.7 Å². The Kier molecular flexibility index (Phi) is 5.89. The van der Waals surface area contributed by atoms with E-state index in [9.17, 15) is 4.79 Å². The van der Waals surface area contributed by atoms with Crippen molar-refractivity contribution in [1.82, 2.24) is 5.32 Å². The van der Waals surface area contributed by atoms with Crippen LogP contribution < -0.4 is 5.32 Å². The second kappa shape index (κ2) is 5.90. The van der Waals surface area contributed by atoms with Crippen LogP contribution >= 0.6 is 11.8 Å². The van der Waals surface area contributed by atoms with Gasteiger partial charge < -0.3 is 5.32 Å². The molecule has 0 heterocycles. The Balaban J connectivity index is 4.71. The number of likely N-dealkylation sites (N-methyl/N-ethyl adjacent to an activating group) is 1. The minimum atomic E-state index is -0.0649. The standard InChI is InChI=1S/C12H25NOS/c1-8(2)10(14)11(13-7)12(5,6)15-9(3)4/h8-9,11,13H,1-7H3. The third kappa shape index (κ3) is 4.56. The summed E-state index contributed by atoms with van der Waals surface area (Å²) in [5, 5.41) is 3.70. The van der Waals surface area contributed by atoms with E-state index in [0.29, 0.717) is 11.0 Å². The topological polar surface area (TPSA) is 29.1 Å². The molecular weight excluding hydrogens is 206 g/mol. The number of carbonyl (C=O) groups excluding carboxylic acids is 1. The molecule has 0 aliphatic heterocycles. The van der Waals surface area contributed by atoms with Gasteiger partial charge in [0.25, 0.3) is 0 Å². The molecule has 0 rings (SSSR count). The van der Waals surface area contributed by atoms with Gasteiger partial charge in [0.2, 0.25) is 0 Å². The van der Waals surface area contributed by atoms with Crippen LogP contribution in [0.4, 0.5) is 0 Å². The molecule has 1 atom stereocenters. The molecule has 0 aromatic heterocycles. The molecule has 3 heteroatoms. The van der Waals surface area contributed by atoms with Crippen LogP contribution in [-0.4, -0.2) is 28.9 Å². The van der Waals surface area contributed by atoms with Gasteiger partial charge in [0.05, 0.1) is 6.04 Å². The van der Waals surface area contributed by atoms with Gasteiger partial charge in [-0.25, -0.2) is 0 Å². The summed E-state index contributed by atoms with van der Waals surface area (Å²) in [5.74, 6) is 0.394. The average Bonchev–Trinajstić information content (AvgIpc) is 2.01. The largest absolute Gasteiger partial charge is 0.309 e. The molecule has 0 spiro atoms. The lowest BCUT2D eigenvalue weighted by atomic mass is 9.92. The van der Waals surface area contributed by atoms with E-state index in [2.05, 4.69) is 33.0 Å². The summed E-state index contributed by atoms with van der Waals surface area (Å²) >= 11 is 1.85. The Hall–Kier alpha value is -0.0200. The van der Waals surface area contributed by atoms with Crippen LogP contribution in [0.15, 0.2) is 0 Å². The number of hydrogen-bond acceptors (Lipinski definition) is 3. The predicted octanol–water partition coefficient (Wildman–Crippen LogP) is 2.72. The van der Waals surface area contributed by atoms with Gasteiger partial charge in [-0.15, -0.1) is 0 Å². The zero-order valence-corrected chi connectivity index (χ0v) is 11.9. The van der Waals surface area contributed by atoms with E-state index in [1.807, 2.05) is 32.7 Å². The van der Waals surface area contributed by atoms with Crippen molar-refractivity contribution in [3.63, 3.8) is 0 Å². The fourth-order valence-electron chi connectivity index (χ4n) is 1.84. The normalized spacial score (nSPS) is 14.7. The molecule has 0 aliphatic carbocycles. The highest BCUT2D eigenvalue weighted by molar-refractivity contribution is 8.01. The Bertz CT molecular complexity index is 212. The van der Waals surface area contributed by atoms with Gasteiger partial charge in [-0.2, -0.15) is 11.8 Å². The molecule has 15 heavy (non-hydrogen) atoms. The number of carbonyl (C=O) groups is 1. The number of rotatable bonds is 6. The van der Waals surface area contributed by atoms with E-state index < -0.39 is 0 Å².